The second-order valence-electron chi connectivity index (χ2n) is 3.89. The lowest BCUT2D eigenvalue weighted by Gasteiger charge is -2.02. The molecule has 2 rings (SSSR count). The number of nitrogens with one attached hydrogen (secondary N) is 1. The molecule has 1 amide bonds. The van der Waals surface area contributed by atoms with Crippen molar-refractivity contribution in [3.63, 3.8) is 0 Å². The van der Waals surface area contributed by atoms with Gasteiger partial charge < -0.3 is 0 Å². The van der Waals surface area contributed by atoms with Gasteiger partial charge in [0.25, 0.3) is 0 Å². The maximum Gasteiger partial charge on any atom is 0.437 e. The number of aryl methyl sites for hydroxylation is 1. The summed E-state index contributed by atoms with van der Waals surface area (Å²) in [7, 11) is 0. The lowest BCUT2D eigenvalue weighted by Crippen LogP contribution is -2.12. The molecule has 0 aliphatic carbocycles. The number of rotatable bonds is 3. The predicted molar refractivity (Wildman–Crippen MR) is 72.8 cm³/mol. The number of carbonyl (C=O) groups is 1. The molecule has 0 unspecified atom stereocenters. The van der Waals surface area contributed by atoms with Crippen molar-refractivity contribution in [2.45, 2.75) is 13.8 Å². The van der Waals surface area contributed by atoms with E-state index in [0.717, 1.165) is 0 Å². The van der Waals surface area contributed by atoms with Crippen LogP contribution in [0.5, 0.6) is 0 Å². The number of benzene rings is 1. The molecule has 104 valence electrons. The summed E-state index contributed by atoms with van der Waals surface area (Å²) in [6, 6.07) is 6.59. The highest BCUT2D eigenvalue weighted by Crippen LogP contribution is 2.13. The summed E-state index contributed by atoms with van der Waals surface area (Å²) in [5.41, 5.74) is 1.93. The molecule has 8 heteroatoms. The van der Waals surface area contributed by atoms with E-state index >= 15 is 0 Å². The second-order valence-corrected chi connectivity index (χ2v) is 4.32. The van der Waals surface area contributed by atoms with E-state index in [1.807, 2.05) is 0 Å². The van der Waals surface area contributed by atoms with E-state index in [0.29, 0.717) is 27.8 Å². The van der Waals surface area contributed by atoms with Crippen molar-refractivity contribution in [1.29, 1.82) is 0 Å². The lowest BCUT2D eigenvalue weighted by molar-refractivity contribution is 0.166. The topological polar surface area (TPSA) is 89.6 Å². The van der Waals surface area contributed by atoms with Crippen LogP contribution >= 0.6 is 11.6 Å². The summed E-state index contributed by atoms with van der Waals surface area (Å²) in [6.45, 7) is 3.33. The largest absolute Gasteiger partial charge is 0.437 e. The van der Waals surface area contributed by atoms with Crippen LogP contribution in [0.1, 0.15) is 18.3 Å². The van der Waals surface area contributed by atoms with E-state index in [4.69, 9.17) is 16.4 Å². The molecule has 0 fully saturated rings. The zero-order valence-corrected chi connectivity index (χ0v) is 11.5. The lowest BCUT2D eigenvalue weighted by atomic mass is 10.2. The first-order valence-corrected chi connectivity index (χ1v) is 6.02. The Morgan fingerprint density at radius 1 is 1.35 bits per heavy atom. The van der Waals surface area contributed by atoms with Crippen LogP contribution in [0.25, 0.3) is 0 Å². The maximum absolute atomic E-state index is 11.5. The van der Waals surface area contributed by atoms with Crippen LogP contribution in [-0.2, 0) is 4.84 Å². The van der Waals surface area contributed by atoms with Crippen LogP contribution < -0.4 is 5.32 Å². The van der Waals surface area contributed by atoms with E-state index < -0.39 is 6.09 Å². The van der Waals surface area contributed by atoms with E-state index in [9.17, 15) is 4.79 Å². The predicted octanol–water partition coefficient (Wildman–Crippen LogP) is 3.00. The van der Waals surface area contributed by atoms with Gasteiger partial charge in [0, 0.05) is 10.7 Å². The monoisotopic (exact) mass is 294 g/mol. The third-order valence-corrected chi connectivity index (χ3v) is 2.60. The van der Waals surface area contributed by atoms with Gasteiger partial charge in [-0.05, 0) is 43.3 Å². The van der Waals surface area contributed by atoms with Gasteiger partial charge in [0.15, 0.2) is 5.69 Å². The standard InChI is InChI=1S/C12H11ClN4O3/c1-7(11-8(2)16-20-17-11)15-19-12(18)14-10-5-3-9(13)4-6-10/h3-6H,1-2H3,(H,14,18)/b15-7+. The first kappa shape index (κ1) is 14.0. The Balaban J connectivity index is 1.95. The molecule has 1 aromatic heterocycles. The van der Waals surface area contributed by atoms with Gasteiger partial charge in [-0.1, -0.05) is 21.9 Å². The minimum Gasteiger partial charge on any atom is -0.297 e. The molecular formula is C12H11ClN4O3. The molecular weight excluding hydrogens is 284 g/mol. The molecule has 1 N–H and O–H groups in total. The van der Waals surface area contributed by atoms with Crippen molar-refractivity contribution < 1.29 is 14.3 Å². The summed E-state index contributed by atoms with van der Waals surface area (Å²) in [5, 5.41) is 14.0. The van der Waals surface area contributed by atoms with Crippen molar-refractivity contribution in [2.24, 2.45) is 5.16 Å². The van der Waals surface area contributed by atoms with Crippen LogP contribution in [0.2, 0.25) is 5.02 Å². The number of anilines is 1. The Hall–Kier alpha value is -2.41. The van der Waals surface area contributed by atoms with Gasteiger partial charge in [-0.25, -0.2) is 9.42 Å². The third-order valence-electron chi connectivity index (χ3n) is 2.35. The normalized spacial score (nSPS) is 11.2. The van der Waals surface area contributed by atoms with Crippen LogP contribution in [0.15, 0.2) is 34.1 Å². The van der Waals surface area contributed by atoms with Crippen molar-refractivity contribution in [3.8, 4) is 0 Å². The molecule has 2 aromatic rings. The molecule has 0 aliphatic rings. The van der Waals surface area contributed by atoms with E-state index in [2.05, 4.69) is 25.4 Å². The number of halogens is 1. The Labute approximate surface area is 119 Å². The fourth-order valence-corrected chi connectivity index (χ4v) is 1.51. The molecule has 7 nitrogen and oxygen atoms in total. The zero-order chi connectivity index (χ0) is 14.5. The number of aromatic nitrogens is 2. The summed E-state index contributed by atoms with van der Waals surface area (Å²) >= 11 is 5.74. The molecule has 1 aromatic carbocycles. The smallest absolute Gasteiger partial charge is 0.297 e. The molecule has 0 aliphatic heterocycles. The minimum absolute atomic E-state index is 0.384. The zero-order valence-electron chi connectivity index (χ0n) is 10.8. The first-order chi connectivity index (χ1) is 9.56. The SMILES string of the molecule is C/C(=N\OC(=O)Nc1ccc(Cl)cc1)c1nonc1C. The maximum atomic E-state index is 11.5. The van der Waals surface area contributed by atoms with Gasteiger partial charge in [0.05, 0.1) is 0 Å². The second kappa shape index (κ2) is 6.16. The molecule has 0 spiro atoms. The first-order valence-electron chi connectivity index (χ1n) is 5.64. The summed E-state index contributed by atoms with van der Waals surface area (Å²) < 4.78 is 4.53. The fourth-order valence-electron chi connectivity index (χ4n) is 1.39. The number of oxime groups is 1. The highest BCUT2D eigenvalue weighted by Gasteiger charge is 2.10. The fraction of sp³-hybridized carbons (Fsp3) is 0.167. The number of amides is 1. The van der Waals surface area contributed by atoms with Gasteiger partial charge in [-0.2, -0.15) is 0 Å². The van der Waals surface area contributed by atoms with E-state index in [-0.39, 0.29) is 0 Å². The molecule has 0 saturated heterocycles. The van der Waals surface area contributed by atoms with E-state index in [1.54, 1.807) is 38.1 Å². The van der Waals surface area contributed by atoms with Gasteiger partial charge in [-0.3, -0.25) is 10.2 Å². The molecule has 0 atom stereocenters. The van der Waals surface area contributed by atoms with Crippen molar-refractivity contribution in [3.05, 3.63) is 40.7 Å². The highest BCUT2D eigenvalue weighted by atomic mass is 35.5. The Kier molecular flexibility index (Phi) is 4.31. The number of hydrogen-bond donors (Lipinski definition) is 1. The van der Waals surface area contributed by atoms with Gasteiger partial charge in [0.1, 0.15) is 11.4 Å². The molecule has 0 saturated carbocycles. The minimum atomic E-state index is -0.722. The average molecular weight is 295 g/mol. The Morgan fingerprint density at radius 2 is 2.05 bits per heavy atom. The van der Waals surface area contributed by atoms with E-state index in [1.165, 1.54) is 0 Å². The van der Waals surface area contributed by atoms with Crippen LogP contribution in [0, 0.1) is 6.92 Å². The third kappa shape index (κ3) is 3.55. The molecule has 20 heavy (non-hydrogen) atoms. The van der Waals surface area contributed by atoms with Crippen molar-refractivity contribution in [1.82, 2.24) is 10.3 Å². The Bertz CT molecular complexity index is 636. The quantitative estimate of drug-likeness (QED) is 0.534. The van der Waals surface area contributed by atoms with Crippen molar-refractivity contribution >= 4 is 29.1 Å². The molecule has 1 heterocycles. The molecule has 0 radical (unpaired) electrons. The van der Waals surface area contributed by atoms with Crippen LogP contribution in [0.3, 0.4) is 0 Å². The van der Waals surface area contributed by atoms with Crippen LogP contribution in [-0.4, -0.2) is 22.1 Å². The Morgan fingerprint density at radius 3 is 2.65 bits per heavy atom. The summed E-state index contributed by atoms with van der Waals surface area (Å²) in [5.74, 6) is 0. The number of hydrogen-bond acceptors (Lipinski definition) is 6. The number of carbonyl (C=O) groups excluding carboxylic acids is 1. The van der Waals surface area contributed by atoms with Gasteiger partial charge in [0.2, 0.25) is 0 Å². The van der Waals surface area contributed by atoms with Gasteiger partial charge >= 0.3 is 6.09 Å². The highest BCUT2D eigenvalue weighted by molar-refractivity contribution is 6.30. The van der Waals surface area contributed by atoms with Crippen molar-refractivity contribution in [2.75, 3.05) is 5.32 Å². The van der Waals surface area contributed by atoms with Gasteiger partial charge in [-0.15, -0.1) is 0 Å². The summed E-state index contributed by atoms with van der Waals surface area (Å²) in [4.78, 5) is 16.2. The average Bonchev–Trinajstić information content (AvgIpc) is 2.85. The summed E-state index contributed by atoms with van der Waals surface area (Å²) in [6.07, 6.45) is -0.722. The van der Waals surface area contributed by atoms with Crippen LogP contribution in [0.4, 0.5) is 10.5 Å². The molecule has 0 bridgehead atoms. The number of nitrogens with zero attached hydrogens (tertiary/aromatic N) is 3.